The molecule has 100 valence electrons. The van der Waals surface area contributed by atoms with Gasteiger partial charge in [-0.2, -0.15) is 0 Å². The molecule has 0 amide bonds. The van der Waals surface area contributed by atoms with Gasteiger partial charge in [0.05, 0.1) is 0 Å². The Bertz CT molecular complexity index is 400. The molecule has 1 aliphatic heterocycles. The third-order valence-corrected chi connectivity index (χ3v) is 4.66. The zero-order valence-electron chi connectivity index (χ0n) is 11.1. The van der Waals surface area contributed by atoms with Crippen molar-refractivity contribution in [1.29, 1.82) is 0 Å². The SMILES string of the molecule is CC(C)(C(N)c1ccccc1Br)N1CCNCC1. The van der Waals surface area contributed by atoms with Crippen LogP contribution in [0.3, 0.4) is 0 Å². The van der Waals surface area contributed by atoms with Crippen LogP contribution in [0.1, 0.15) is 25.5 Å². The number of hydrogen-bond acceptors (Lipinski definition) is 3. The third kappa shape index (κ3) is 2.77. The van der Waals surface area contributed by atoms with E-state index >= 15 is 0 Å². The summed E-state index contributed by atoms with van der Waals surface area (Å²) in [7, 11) is 0. The van der Waals surface area contributed by atoms with Gasteiger partial charge in [-0.15, -0.1) is 0 Å². The molecular weight excluding hydrogens is 290 g/mol. The number of piperazine rings is 1. The van der Waals surface area contributed by atoms with Crippen molar-refractivity contribution in [3.63, 3.8) is 0 Å². The van der Waals surface area contributed by atoms with Gasteiger partial charge in [0.25, 0.3) is 0 Å². The summed E-state index contributed by atoms with van der Waals surface area (Å²) in [5.41, 5.74) is 7.66. The van der Waals surface area contributed by atoms with Crippen molar-refractivity contribution in [3.8, 4) is 0 Å². The Morgan fingerprint density at radius 3 is 2.50 bits per heavy atom. The molecule has 1 fully saturated rings. The number of nitrogens with one attached hydrogen (secondary N) is 1. The highest BCUT2D eigenvalue weighted by atomic mass is 79.9. The van der Waals surface area contributed by atoms with Gasteiger partial charge in [0, 0.05) is 42.2 Å². The van der Waals surface area contributed by atoms with Gasteiger partial charge in [-0.05, 0) is 25.5 Å². The van der Waals surface area contributed by atoms with Crippen LogP contribution in [-0.4, -0.2) is 36.6 Å². The van der Waals surface area contributed by atoms with Crippen LogP contribution in [0.5, 0.6) is 0 Å². The van der Waals surface area contributed by atoms with Gasteiger partial charge < -0.3 is 11.1 Å². The number of nitrogens with two attached hydrogens (primary N) is 1. The summed E-state index contributed by atoms with van der Waals surface area (Å²) < 4.78 is 1.10. The topological polar surface area (TPSA) is 41.3 Å². The van der Waals surface area contributed by atoms with Crippen LogP contribution in [0.25, 0.3) is 0 Å². The third-order valence-electron chi connectivity index (χ3n) is 3.93. The Labute approximate surface area is 118 Å². The zero-order chi connectivity index (χ0) is 13.2. The molecule has 18 heavy (non-hydrogen) atoms. The van der Waals surface area contributed by atoms with Crippen molar-refractivity contribution in [1.82, 2.24) is 10.2 Å². The molecule has 1 atom stereocenters. The minimum atomic E-state index is -0.0357. The number of hydrogen-bond donors (Lipinski definition) is 2. The quantitative estimate of drug-likeness (QED) is 0.898. The molecule has 1 aromatic carbocycles. The summed E-state index contributed by atoms with van der Waals surface area (Å²) >= 11 is 3.60. The van der Waals surface area contributed by atoms with Crippen molar-refractivity contribution in [2.24, 2.45) is 5.73 Å². The van der Waals surface area contributed by atoms with E-state index in [1.165, 1.54) is 5.56 Å². The fourth-order valence-electron chi connectivity index (χ4n) is 2.55. The first-order chi connectivity index (χ1) is 8.53. The molecular formula is C14H22BrN3. The van der Waals surface area contributed by atoms with E-state index in [0.717, 1.165) is 30.7 Å². The Morgan fingerprint density at radius 1 is 1.28 bits per heavy atom. The number of benzene rings is 1. The molecule has 0 bridgehead atoms. The molecule has 0 spiro atoms. The highest BCUT2D eigenvalue weighted by Crippen LogP contribution is 2.33. The zero-order valence-corrected chi connectivity index (χ0v) is 12.7. The standard InChI is InChI=1S/C14H22BrN3/c1-14(2,18-9-7-17-8-10-18)13(16)11-5-3-4-6-12(11)15/h3-6,13,17H,7-10,16H2,1-2H3. The Morgan fingerprint density at radius 2 is 1.89 bits per heavy atom. The smallest absolute Gasteiger partial charge is 0.0488 e. The summed E-state index contributed by atoms with van der Waals surface area (Å²) in [6.07, 6.45) is 0. The van der Waals surface area contributed by atoms with E-state index in [1.807, 2.05) is 12.1 Å². The highest BCUT2D eigenvalue weighted by Gasteiger charge is 2.35. The molecule has 1 heterocycles. The molecule has 1 aliphatic rings. The van der Waals surface area contributed by atoms with Gasteiger partial charge in [0.1, 0.15) is 0 Å². The second kappa shape index (κ2) is 5.70. The van der Waals surface area contributed by atoms with Gasteiger partial charge >= 0.3 is 0 Å². The van der Waals surface area contributed by atoms with Crippen LogP contribution >= 0.6 is 15.9 Å². The van der Waals surface area contributed by atoms with E-state index in [9.17, 15) is 0 Å². The van der Waals surface area contributed by atoms with E-state index in [-0.39, 0.29) is 11.6 Å². The largest absolute Gasteiger partial charge is 0.322 e. The number of halogens is 1. The second-order valence-corrected chi connectivity index (χ2v) is 6.24. The number of nitrogens with zero attached hydrogens (tertiary/aromatic N) is 1. The first-order valence-electron chi connectivity index (χ1n) is 6.49. The molecule has 3 N–H and O–H groups in total. The second-order valence-electron chi connectivity index (χ2n) is 5.39. The Balaban J connectivity index is 2.20. The molecule has 0 radical (unpaired) electrons. The summed E-state index contributed by atoms with van der Waals surface area (Å²) in [6, 6.07) is 8.25. The monoisotopic (exact) mass is 311 g/mol. The van der Waals surface area contributed by atoms with Crippen LogP contribution in [0.4, 0.5) is 0 Å². The van der Waals surface area contributed by atoms with Crippen molar-refractivity contribution >= 4 is 15.9 Å². The lowest BCUT2D eigenvalue weighted by Gasteiger charge is -2.45. The van der Waals surface area contributed by atoms with Crippen molar-refractivity contribution in [3.05, 3.63) is 34.3 Å². The fraction of sp³-hybridized carbons (Fsp3) is 0.571. The van der Waals surface area contributed by atoms with Crippen LogP contribution in [-0.2, 0) is 0 Å². The average Bonchev–Trinajstić information content (AvgIpc) is 2.39. The molecule has 0 saturated carbocycles. The summed E-state index contributed by atoms with van der Waals surface area (Å²) in [4.78, 5) is 2.48. The van der Waals surface area contributed by atoms with E-state index < -0.39 is 0 Å². The van der Waals surface area contributed by atoms with E-state index in [4.69, 9.17) is 5.73 Å². The predicted octanol–water partition coefficient (Wildman–Crippen LogP) is 2.13. The van der Waals surface area contributed by atoms with Crippen molar-refractivity contribution < 1.29 is 0 Å². The van der Waals surface area contributed by atoms with Crippen molar-refractivity contribution in [2.75, 3.05) is 26.2 Å². The summed E-state index contributed by atoms with van der Waals surface area (Å²) in [5, 5.41) is 3.39. The molecule has 0 aromatic heterocycles. The first kappa shape index (κ1) is 14.0. The lowest BCUT2D eigenvalue weighted by atomic mass is 9.87. The van der Waals surface area contributed by atoms with Crippen LogP contribution in [0.15, 0.2) is 28.7 Å². The Hall–Kier alpha value is -0.420. The molecule has 1 unspecified atom stereocenters. The van der Waals surface area contributed by atoms with Gasteiger partial charge in [-0.1, -0.05) is 34.1 Å². The van der Waals surface area contributed by atoms with Gasteiger partial charge in [-0.3, -0.25) is 4.90 Å². The summed E-state index contributed by atoms with van der Waals surface area (Å²) in [5.74, 6) is 0. The number of rotatable bonds is 3. The van der Waals surface area contributed by atoms with Crippen molar-refractivity contribution in [2.45, 2.75) is 25.4 Å². The van der Waals surface area contributed by atoms with Gasteiger partial charge in [0.15, 0.2) is 0 Å². The molecule has 1 aromatic rings. The fourth-order valence-corrected chi connectivity index (χ4v) is 3.08. The molecule has 0 aliphatic carbocycles. The van der Waals surface area contributed by atoms with Crippen LogP contribution in [0.2, 0.25) is 0 Å². The minimum absolute atomic E-state index is 0.00572. The maximum absolute atomic E-state index is 6.51. The van der Waals surface area contributed by atoms with Gasteiger partial charge in [-0.25, -0.2) is 0 Å². The average molecular weight is 312 g/mol. The van der Waals surface area contributed by atoms with Crippen LogP contribution in [0, 0.1) is 0 Å². The lowest BCUT2D eigenvalue weighted by molar-refractivity contribution is 0.0798. The maximum Gasteiger partial charge on any atom is 0.0488 e. The highest BCUT2D eigenvalue weighted by molar-refractivity contribution is 9.10. The minimum Gasteiger partial charge on any atom is -0.322 e. The van der Waals surface area contributed by atoms with E-state index in [0.29, 0.717) is 0 Å². The summed E-state index contributed by atoms with van der Waals surface area (Å²) in [6.45, 7) is 8.69. The molecule has 3 nitrogen and oxygen atoms in total. The predicted molar refractivity (Wildman–Crippen MR) is 79.6 cm³/mol. The first-order valence-corrected chi connectivity index (χ1v) is 7.28. The van der Waals surface area contributed by atoms with E-state index in [1.54, 1.807) is 0 Å². The maximum atomic E-state index is 6.51. The molecule has 2 rings (SSSR count). The van der Waals surface area contributed by atoms with Gasteiger partial charge in [0.2, 0.25) is 0 Å². The lowest BCUT2D eigenvalue weighted by Crippen LogP contribution is -2.57. The van der Waals surface area contributed by atoms with Crippen LogP contribution < -0.4 is 11.1 Å². The molecule has 1 saturated heterocycles. The normalized spacial score (nSPS) is 19.8. The molecule has 4 heteroatoms. The Kier molecular flexibility index (Phi) is 4.43. The van der Waals surface area contributed by atoms with E-state index in [2.05, 4.69) is 52.1 Å².